The predicted octanol–water partition coefficient (Wildman–Crippen LogP) is 2.62. The summed E-state index contributed by atoms with van der Waals surface area (Å²) in [5.41, 5.74) is 0.171. The standard InChI is InChI=1S/C16H17ClN2O4S/c17-12-6-5-10(9-18)7-15(12)24(22,23)19-13-4-2-1-3-11(13)8-14(19)16(20)21/h5-7,11,13-14H,1-4,8H2,(H,20,21). The first-order valence-corrected chi connectivity index (χ1v) is 9.64. The normalized spacial score (nSPS) is 27.4. The smallest absolute Gasteiger partial charge is 0.322 e. The lowest BCUT2D eigenvalue weighted by Gasteiger charge is -2.32. The fourth-order valence-corrected chi connectivity index (χ4v) is 6.23. The lowest BCUT2D eigenvalue weighted by molar-refractivity contribution is -0.141. The third kappa shape index (κ3) is 2.79. The van der Waals surface area contributed by atoms with Gasteiger partial charge in [-0.15, -0.1) is 0 Å². The molecule has 0 aromatic heterocycles. The molecule has 128 valence electrons. The second kappa shape index (κ2) is 6.36. The van der Waals surface area contributed by atoms with Crippen LogP contribution in [-0.4, -0.2) is 35.9 Å². The van der Waals surface area contributed by atoms with E-state index in [4.69, 9.17) is 16.9 Å². The number of nitriles is 1. The van der Waals surface area contributed by atoms with Crippen LogP contribution in [0.5, 0.6) is 0 Å². The van der Waals surface area contributed by atoms with Gasteiger partial charge in [-0.3, -0.25) is 4.79 Å². The zero-order valence-electron chi connectivity index (χ0n) is 12.9. The van der Waals surface area contributed by atoms with Crippen molar-refractivity contribution in [3.05, 3.63) is 28.8 Å². The summed E-state index contributed by atoms with van der Waals surface area (Å²) < 4.78 is 27.5. The largest absolute Gasteiger partial charge is 0.480 e. The minimum absolute atomic E-state index is 0.00241. The fourth-order valence-electron chi connectivity index (χ4n) is 3.86. The Hall–Kier alpha value is -1.62. The van der Waals surface area contributed by atoms with Crippen LogP contribution >= 0.6 is 11.6 Å². The third-order valence-electron chi connectivity index (χ3n) is 4.93. The summed E-state index contributed by atoms with van der Waals surface area (Å²) in [4.78, 5) is 11.5. The van der Waals surface area contributed by atoms with Crippen molar-refractivity contribution < 1.29 is 18.3 Å². The van der Waals surface area contributed by atoms with E-state index in [9.17, 15) is 18.3 Å². The van der Waals surface area contributed by atoms with Gasteiger partial charge in [0.15, 0.2) is 0 Å². The molecule has 3 rings (SSSR count). The Morgan fingerprint density at radius 3 is 2.71 bits per heavy atom. The minimum atomic E-state index is -4.10. The number of carboxylic acids is 1. The molecule has 3 atom stereocenters. The van der Waals surface area contributed by atoms with Gasteiger partial charge in [0.25, 0.3) is 0 Å². The lowest BCUT2D eigenvalue weighted by Crippen LogP contribution is -2.46. The highest BCUT2D eigenvalue weighted by Crippen LogP contribution is 2.43. The van der Waals surface area contributed by atoms with Crippen molar-refractivity contribution in [1.29, 1.82) is 5.26 Å². The third-order valence-corrected chi connectivity index (χ3v) is 7.35. The summed E-state index contributed by atoms with van der Waals surface area (Å²) in [7, 11) is -4.10. The maximum atomic E-state index is 13.2. The molecule has 1 aromatic carbocycles. The Morgan fingerprint density at radius 1 is 1.33 bits per heavy atom. The highest BCUT2D eigenvalue weighted by Gasteiger charge is 2.51. The number of halogens is 1. The average Bonchev–Trinajstić information content (AvgIpc) is 2.95. The molecule has 0 bridgehead atoms. The molecule has 1 aliphatic carbocycles. The summed E-state index contributed by atoms with van der Waals surface area (Å²) >= 11 is 6.06. The van der Waals surface area contributed by atoms with Gasteiger partial charge in [0.1, 0.15) is 10.9 Å². The van der Waals surface area contributed by atoms with Crippen molar-refractivity contribution in [2.75, 3.05) is 0 Å². The zero-order chi connectivity index (χ0) is 17.5. The highest BCUT2D eigenvalue weighted by atomic mass is 35.5. The number of hydrogen-bond acceptors (Lipinski definition) is 4. The fraction of sp³-hybridized carbons (Fsp3) is 0.500. The average molecular weight is 369 g/mol. The predicted molar refractivity (Wildman–Crippen MR) is 87.0 cm³/mol. The van der Waals surface area contributed by atoms with Gasteiger partial charge >= 0.3 is 5.97 Å². The van der Waals surface area contributed by atoms with E-state index < -0.39 is 22.0 Å². The van der Waals surface area contributed by atoms with Gasteiger partial charge in [0, 0.05) is 6.04 Å². The number of carboxylic acid groups (broad SMARTS) is 1. The first-order chi connectivity index (χ1) is 11.4. The number of nitrogens with zero attached hydrogens (tertiary/aromatic N) is 2. The van der Waals surface area contributed by atoms with E-state index in [1.54, 1.807) is 0 Å². The molecule has 2 aliphatic rings. The Morgan fingerprint density at radius 2 is 2.04 bits per heavy atom. The van der Waals surface area contributed by atoms with Crippen molar-refractivity contribution in [2.24, 2.45) is 5.92 Å². The molecule has 0 radical (unpaired) electrons. The molecule has 6 nitrogen and oxygen atoms in total. The summed E-state index contributed by atoms with van der Waals surface area (Å²) in [6.07, 6.45) is 3.70. The molecule has 24 heavy (non-hydrogen) atoms. The van der Waals surface area contributed by atoms with Crippen LogP contribution in [-0.2, 0) is 14.8 Å². The molecule has 1 aromatic rings. The summed E-state index contributed by atoms with van der Waals surface area (Å²) in [6, 6.07) is 4.50. The molecule has 3 unspecified atom stereocenters. The molecule has 1 N–H and O–H groups in total. The zero-order valence-corrected chi connectivity index (χ0v) is 14.4. The SMILES string of the molecule is N#Cc1ccc(Cl)c(S(=O)(=O)N2C(C(=O)O)CC3CCCCC32)c1. The van der Waals surface area contributed by atoms with E-state index in [1.165, 1.54) is 18.2 Å². The van der Waals surface area contributed by atoms with E-state index in [0.29, 0.717) is 12.8 Å². The van der Waals surface area contributed by atoms with Gasteiger partial charge in [0.2, 0.25) is 10.0 Å². The second-order valence-electron chi connectivity index (χ2n) is 6.29. The lowest BCUT2D eigenvalue weighted by atomic mass is 9.85. The number of benzene rings is 1. The molecule has 1 aliphatic heterocycles. The number of sulfonamides is 1. The number of fused-ring (bicyclic) bond motifs is 1. The quantitative estimate of drug-likeness (QED) is 0.884. The van der Waals surface area contributed by atoms with Crippen LogP contribution in [0.4, 0.5) is 0 Å². The number of rotatable bonds is 3. The first kappa shape index (κ1) is 17.2. The molecule has 0 spiro atoms. The van der Waals surface area contributed by atoms with Crippen LogP contribution in [0.25, 0.3) is 0 Å². The van der Waals surface area contributed by atoms with Crippen molar-refractivity contribution in [3.63, 3.8) is 0 Å². The molecule has 1 saturated heterocycles. The van der Waals surface area contributed by atoms with Crippen LogP contribution in [0.2, 0.25) is 5.02 Å². The first-order valence-electron chi connectivity index (χ1n) is 7.82. The number of aliphatic carboxylic acids is 1. The topological polar surface area (TPSA) is 98.5 Å². The van der Waals surface area contributed by atoms with Crippen LogP contribution < -0.4 is 0 Å². The summed E-state index contributed by atoms with van der Waals surface area (Å²) in [5.74, 6) is -1.08. The van der Waals surface area contributed by atoms with E-state index in [0.717, 1.165) is 23.6 Å². The number of hydrogen-bond donors (Lipinski definition) is 1. The van der Waals surface area contributed by atoms with Crippen LogP contribution in [0.1, 0.15) is 37.7 Å². The van der Waals surface area contributed by atoms with E-state index in [1.807, 2.05) is 6.07 Å². The van der Waals surface area contributed by atoms with Gasteiger partial charge in [0.05, 0.1) is 16.7 Å². The van der Waals surface area contributed by atoms with Crippen molar-refractivity contribution in [3.8, 4) is 6.07 Å². The number of carbonyl (C=O) groups is 1. The Bertz CT molecular complexity index is 818. The Kier molecular flexibility index (Phi) is 4.56. The summed E-state index contributed by atoms with van der Waals surface area (Å²) in [5, 5.41) is 18.5. The maximum absolute atomic E-state index is 13.2. The molecule has 1 heterocycles. The van der Waals surface area contributed by atoms with Crippen molar-refractivity contribution >= 4 is 27.6 Å². The van der Waals surface area contributed by atoms with Crippen LogP contribution in [0.3, 0.4) is 0 Å². The molecular weight excluding hydrogens is 352 g/mol. The van der Waals surface area contributed by atoms with E-state index in [-0.39, 0.29) is 27.4 Å². The molecule has 1 saturated carbocycles. The van der Waals surface area contributed by atoms with Crippen molar-refractivity contribution in [1.82, 2.24) is 4.31 Å². The van der Waals surface area contributed by atoms with Gasteiger partial charge in [-0.25, -0.2) is 8.42 Å². The van der Waals surface area contributed by atoms with Crippen LogP contribution in [0.15, 0.2) is 23.1 Å². The van der Waals surface area contributed by atoms with Gasteiger partial charge in [-0.2, -0.15) is 9.57 Å². The monoisotopic (exact) mass is 368 g/mol. The second-order valence-corrected chi connectivity index (χ2v) is 8.51. The Labute approximate surface area is 145 Å². The van der Waals surface area contributed by atoms with Gasteiger partial charge in [-0.1, -0.05) is 24.4 Å². The van der Waals surface area contributed by atoms with Crippen molar-refractivity contribution in [2.45, 2.75) is 49.1 Å². The maximum Gasteiger partial charge on any atom is 0.322 e. The molecule has 2 fully saturated rings. The molecule has 0 amide bonds. The highest BCUT2D eigenvalue weighted by molar-refractivity contribution is 7.89. The van der Waals surface area contributed by atoms with E-state index in [2.05, 4.69) is 0 Å². The Balaban J connectivity index is 2.10. The molecule has 8 heteroatoms. The minimum Gasteiger partial charge on any atom is -0.480 e. The van der Waals surface area contributed by atoms with Crippen LogP contribution in [0, 0.1) is 17.2 Å². The summed E-state index contributed by atoms with van der Waals surface area (Å²) in [6.45, 7) is 0. The van der Waals surface area contributed by atoms with E-state index >= 15 is 0 Å². The molecular formula is C16H17ClN2O4S. The van der Waals surface area contributed by atoms with Gasteiger partial charge in [-0.05, 0) is 43.4 Å². The van der Waals surface area contributed by atoms with Gasteiger partial charge < -0.3 is 5.11 Å².